The van der Waals surface area contributed by atoms with Gasteiger partial charge in [-0.25, -0.2) is 0 Å². The molecule has 0 heterocycles. The number of hydrogen-bond donors (Lipinski definition) is 3. The average Bonchev–Trinajstić information content (AvgIpc) is 1.63. The van der Waals surface area contributed by atoms with Crippen LogP contribution in [0.1, 0.15) is 19.8 Å². The van der Waals surface area contributed by atoms with Crippen molar-refractivity contribution in [2.75, 3.05) is 0 Å². The second-order valence-electron chi connectivity index (χ2n) is 1.81. The van der Waals surface area contributed by atoms with E-state index in [1.54, 1.807) is 0 Å². The Kier molecular flexibility index (Phi) is 4.35. The maximum absolute atomic E-state index is 8.94. The van der Waals surface area contributed by atoms with Gasteiger partial charge in [0.15, 0.2) is 5.11 Å². The second-order valence-corrected chi connectivity index (χ2v) is 2.25. The zero-order chi connectivity index (χ0) is 7.28. The molecule has 0 fully saturated rings. The third kappa shape index (κ3) is 5.52. The minimum absolute atomic E-state index is 0.149. The molecule has 3 nitrogen and oxygen atoms in total. The summed E-state index contributed by atoms with van der Waals surface area (Å²) in [6, 6.07) is 0. The quantitative estimate of drug-likeness (QED) is 0.387. The molecule has 0 aromatic heterocycles. The molecular weight excluding hydrogens is 136 g/mol. The summed E-state index contributed by atoms with van der Waals surface area (Å²) in [5, 5.41) is 11.6. The van der Waals surface area contributed by atoms with Gasteiger partial charge >= 0.3 is 0 Å². The lowest BCUT2D eigenvalue weighted by atomic mass is 10.3. The molecule has 0 amide bonds. The van der Waals surface area contributed by atoms with Crippen LogP contribution in [0.2, 0.25) is 0 Å². The van der Waals surface area contributed by atoms with E-state index in [4.69, 9.17) is 10.8 Å². The van der Waals surface area contributed by atoms with Crippen LogP contribution < -0.4 is 11.1 Å². The number of aliphatic hydroxyl groups excluding tert-OH is 1. The predicted molar refractivity (Wildman–Crippen MR) is 40.8 cm³/mol. The molecule has 4 N–H and O–H groups in total. The molecular formula is C5H12N2OS. The Morgan fingerprint density at radius 1 is 1.89 bits per heavy atom. The van der Waals surface area contributed by atoms with Crippen LogP contribution in [-0.4, -0.2) is 16.4 Å². The van der Waals surface area contributed by atoms with Gasteiger partial charge in [0, 0.05) is 0 Å². The smallest absolute Gasteiger partial charge is 0.165 e. The Balaban J connectivity index is 3.26. The first-order valence-corrected chi connectivity index (χ1v) is 3.31. The highest BCUT2D eigenvalue weighted by Crippen LogP contribution is 1.90. The maximum atomic E-state index is 8.94. The summed E-state index contributed by atoms with van der Waals surface area (Å²) in [7, 11) is 0. The van der Waals surface area contributed by atoms with Crippen molar-refractivity contribution in [3.63, 3.8) is 0 Å². The van der Waals surface area contributed by atoms with E-state index >= 15 is 0 Å². The number of aliphatic hydroxyl groups is 1. The summed E-state index contributed by atoms with van der Waals surface area (Å²) >= 11 is 4.49. The second kappa shape index (κ2) is 4.52. The van der Waals surface area contributed by atoms with Crippen LogP contribution in [-0.2, 0) is 0 Å². The van der Waals surface area contributed by atoms with Crippen molar-refractivity contribution in [2.45, 2.75) is 26.0 Å². The van der Waals surface area contributed by atoms with Crippen LogP contribution >= 0.6 is 12.2 Å². The Bertz CT molecular complexity index is 97.0. The molecule has 0 bridgehead atoms. The molecule has 0 aromatic carbocycles. The van der Waals surface area contributed by atoms with E-state index in [2.05, 4.69) is 17.5 Å². The van der Waals surface area contributed by atoms with Crippen molar-refractivity contribution >= 4 is 17.3 Å². The van der Waals surface area contributed by atoms with E-state index in [1.807, 2.05) is 6.92 Å². The normalized spacial score (nSPS) is 12.7. The van der Waals surface area contributed by atoms with Gasteiger partial charge in [-0.15, -0.1) is 0 Å². The number of rotatable bonds is 3. The van der Waals surface area contributed by atoms with Gasteiger partial charge in [0.2, 0.25) is 0 Å². The molecule has 0 rings (SSSR count). The van der Waals surface area contributed by atoms with Crippen LogP contribution in [0, 0.1) is 0 Å². The highest BCUT2D eigenvalue weighted by atomic mass is 32.1. The van der Waals surface area contributed by atoms with Gasteiger partial charge < -0.3 is 16.2 Å². The van der Waals surface area contributed by atoms with Gasteiger partial charge in [0.1, 0.15) is 6.23 Å². The Labute approximate surface area is 60.2 Å². The molecule has 4 heteroatoms. The highest BCUT2D eigenvalue weighted by Gasteiger charge is 1.99. The first-order valence-electron chi connectivity index (χ1n) is 2.91. The molecule has 1 atom stereocenters. The molecule has 0 radical (unpaired) electrons. The fraction of sp³-hybridized carbons (Fsp3) is 0.800. The third-order valence-corrected chi connectivity index (χ3v) is 0.989. The minimum Gasteiger partial charge on any atom is -0.376 e. The molecule has 0 aliphatic carbocycles. The van der Waals surface area contributed by atoms with E-state index in [0.29, 0.717) is 6.42 Å². The predicted octanol–water partition coefficient (Wildman–Crippen LogP) is -0.0619. The molecule has 1 unspecified atom stereocenters. The van der Waals surface area contributed by atoms with E-state index in [1.165, 1.54) is 0 Å². The van der Waals surface area contributed by atoms with Crippen molar-refractivity contribution in [3.05, 3.63) is 0 Å². The molecule has 0 saturated heterocycles. The summed E-state index contributed by atoms with van der Waals surface area (Å²) in [4.78, 5) is 0. The number of thiocarbonyl (C=S) groups is 1. The van der Waals surface area contributed by atoms with Crippen LogP contribution in [0.5, 0.6) is 0 Å². The van der Waals surface area contributed by atoms with Crippen molar-refractivity contribution < 1.29 is 5.11 Å². The van der Waals surface area contributed by atoms with Crippen molar-refractivity contribution in [1.29, 1.82) is 0 Å². The van der Waals surface area contributed by atoms with Gasteiger partial charge in [0.25, 0.3) is 0 Å². The van der Waals surface area contributed by atoms with E-state index in [9.17, 15) is 0 Å². The Morgan fingerprint density at radius 2 is 2.44 bits per heavy atom. The van der Waals surface area contributed by atoms with Gasteiger partial charge in [-0.1, -0.05) is 13.3 Å². The fourth-order valence-corrected chi connectivity index (χ4v) is 0.646. The van der Waals surface area contributed by atoms with Gasteiger partial charge in [-0.05, 0) is 18.6 Å². The summed E-state index contributed by atoms with van der Waals surface area (Å²) in [5.41, 5.74) is 5.08. The standard InChI is InChI=1S/C5H12N2OS/c1-2-3-4(8)7-5(6)9/h4,8H,2-3H2,1H3,(H3,6,7,9). The van der Waals surface area contributed by atoms with Crippen molar-refractivity contribution in [1.82, 2.24) is 5.32 Å². The van der Waals surface area contributed by atoms with E-state index < -0.39 is 6.23 Å². The minimum atomic E-state index is -0.576. The fourth-order valence-electron chi connectivity index (χ4n) is 0.510. The lowest BCUT2D eigenvalue weighted by Crippen LogP contribution is -2.38. The van der Waals surface area contributed by atoms with Gasteiger partial charge in [-0.2, -0.15) is 0 Å². The molecule has 0 spiro atoms. The van der Waals surface area contributed by atoms with Crippen LogP contribution in [0.15, 0.2) is 0 Å². The Morgan fingerprint density at radius 3 is 2.78 bits per heavy atom. The van der Waals surface area contributed by atoms with Crippen molar-refractivity contribution in [2.24, 2.45) is 5.73 Å². The SMILES string of the molecule is CCCC(O)NC(N)=S. The number of nitrogens with two attached hydrogens (primary N) is 1. The first kappa shape index (κ1) is 8.65. The average molecular weight is 148 g/mol. The van der Waals surface area contributed by atoms with Crippen LogP contribution in [0.3, 0.4) is 0 Å². The van der Waals surface area contributed by atoms with Crippen molar-refractivity contribution in [3.8, 4) is 0 Å². The number of hydrogen-bond acceptors (Lipinski definition) is 2. The van der Waals surface area contributed by atoms with Gasteiger partial charge in [-0.3, -0.25) is 0 Å². The molecule has 0 aliphatic heterocycles. The topological polar surface area (TPSA) is 58.3 Å². The summed E-state index contributed by atoms with van der Waals surface area (Å²) < 4.78 is 0. The van der Waals surface area contributed by atoms with E-state index in [0.717, 1.165) is 6.42 Å². The maximum Gasteiger partial charge on any atom is 0.165 e. The molecule has 9 heavy (non-hydrogen) atoms. The molecule has 0 saturated carbocycles. The molecule has 0 aromatic rings. The zero-order valence-corrected chi connectivity index (χ0v) is 6.24. The monoisotopic (exact) mass is 148 g/mol. The first-order chi connectivity index (χ1) is 4.16. The van der Waals surface area contributed by atoms with Gasteiger partial charge in [0.05, 0.1) is 0 Å². The summed E-state index contributed by atoms with van der Waals surface area (Å²) in [6.45, 7) is 1.98. The summed E-state index contributed by atoms with van der Waals surface area (Å²) in [5.74, 6) is 0. The summed E-state index contributed by atoms with van der Waals surface area (Å²) in [6.07, 6.45) is 1.01. The Hall–Kier alpha value is -0.350. The van der Waals surface area contributed by atoms with Crippen LogP contribution in [0.25, 0.3) is 0 Å². The van der Waals surface area contributed by atoms with Crippen LogP contribution in [0.4, 0.5) is 0 Å². The molecule has 54 valence electrons. The molecule has 0 aliphatic rings. The van der Waals surface area contributed by atoms with E-state index in [-0.39, 0.29) is 5.11 Å². The largest absolute Gasteiger partial charge is 0.376 e. The highest BCUT2D eigenvalue weighted by molar-refractivity contribution is 7.80. The lowest BCUT2D eigenvalue weighted by Gasteiger charge is -2.09. The third-order valence-electron chi connectivity index (χ3n) is 0.871. The number of nitrogens with one attached hydrogen (secondary N) is 1. The lowest BCUT2D eigenvalue weighted by molar-refractivity contribution is 0.149. The zero-order valence-electron chi connectivity index (χ0n) is 5.42.